The molecule has 8 nitrogen and oxygen atoms in total. The summed E-state index contributed by atoms with van der Waals surface area (Å²) in [5.41, 5.74) is 2.86. The zero-order valence-corrected chi connectivity index (χ0v) is 24.4. The summed E-state index contributed by atoms with van der Waals surface area (Å²) in [4.78, 5) is 24.1. The van der Waals surface area contributed by atoms with Crippen LogP contribution >= 0.6 is 0 Å². The van der Waals surface area contributed by atoms with Gasteiger partial charge in [-0.2, -0.15) is 0 Å². The van der Waals surface area contributed by atoms with Gasteiger partial charge in [-0.05, 0) is 68.7 Å². The summed E-state index contributed by atoms with van der Waals surface area (Å²) in [7, 11) is 0. The van der Waals surface area contributed by atoms with Crippen molar-refractivity contribution in [2.75, 3.05) is 26.4 Å². The lowest BCUT2D eigenvalue weighted by molar-refractivity contribution is -0.167. The molecule has 0 aliphatic rings. The molecule has 0 aliphatic carbocycles. The van der Waals surface area contributed by atoms with Crippen molar-refractivity contribution in [2.24, 2.45) is 0 Å². The molecule has 0 saturated heterocycles. The van der Waals surface area contributed by atoms with Gasteiger partial charge in [-0.1, -0.05) is 54.6 Å². The Kier molecular flexibility index (Phi) is 16.0. The van der Waals surface area contributed by atoms with E-state index in [0.717, 1.165) is 22.4 Å². The molecule has 0 spiro atoms. The summed E-state index contributed by atoms with van der Waals surface area (Å²) in [5.74, 6) is 0.782. The van der Waals surface area contributed by atoms with E-state index in [-0.39, 0.29) is 30.2 Å². The van der Waals surface area contributed by atoms with Crippen LogP contribution in [0.2, 0.25) is 0 Å². The molecule has 0 atom stereocenters. The molecular weight excluding hydrogens is 524 g/mol. The monoisotopic (exact) mass is 566 g/mol. The number of benzene rings is 3. The van der Waals surface area contributed by atoms with E-state index in [2.05, 4.69) is 0 Å². The number of rotatable bonds is 17. The van der Waals surface area contributed by atoms with Crippen molar-refractivity contribution in [1.29, 1.82) is 0 Å². The highest BCUT2D eigenvalue weighted by Gasteiger charge is 2.19. The third-order valence-corrected chi connectivity index (χ3v) is 5.66. The van der Waals surface area contributed by atoms with E-state index in [9.17, 15) is 9.59 Å². The Bertz CT molecular complexity index is 1120. The first kappa shape index (κ1) is 33.6. The van der Waals surface area contributed by atoms with Gasteiger partial charge in [0.1, 0.15) is 18.1 Å². The van der Waals surface area contributed by atoms with Crippen molar-refractivity contribution < 1.29 is 38.4 Å². The van der Waals surface area contributed by atoms with Gasteiger partial charge in [0, 0.05) is 39.3 Å². The second-order valence-corrected chi connectivity index (χ2v) is 8.86. The van der Waals surface area contributed by atoms with Crippen LogP contribution in [0.3, 0.4) is 0 Å². The number of carbonyl (C=O) groups is 2. The van der Waals surface area contributed by atoms with E-state index < -0.39 is 12.6 Å². The lowest BCUT2D eigenvalue weighted by Gasteiger charge is -2.15. The van der Waals surface area contributed by atoms with Gasteiger partial charge < -0.3 is 28.8 Å². The normalized spacial score (nSPS) is 10.8. The van der Waals surface area contributed by atoms with Gasteiger partial charge >= 0.3 is 0 Å². The molecule has 0 fully saturated rings. The SMILES string of the molecule is CCOC(OCC)C(=O)Cc1ccc(O)cc1.CCOC(OCC)C(=O)Cc1ccc(OCc2ccccc2)cc1. The second kappa shape index (κ2) is 19.5. The number of Topliss-reactive ketones (excluding diaryl/α,β-unsaturated/α-hetero) is 2. The van der Waals surface area contributed by atoms with E-state index in [1.165, 1.54) is 0 Å². The number of ether oxygens (including phenoxy) is 5. The van der Waals surface area contributed by atoms with Crippen LogP contribution in [0.25, 0.3) is 0 Å². The molecule has 3 rings (SSSR count). The molecule has 0 radical (unpaired) electrons. The Morgan fingerprint density at radius 2 is 1.00 bits per heavy atom. The summed E-state index contributed by atoms with van der Waals surface area (Å²) in [6.07, 6.45) is -1.05. The number of hydrogen-bond donors (Lipinski definition) is 1. The van der Waals surface area contributed by atoms with Crippen LogP contribution in [0.1, 0.15) is 44.4 Å². The first-order valence-electron chi connectivity index (χ1n) is 13.9. The van der Waals surface area contributed by atoms with Crippen molar-refractivity contribution in [1.82, 2.24) is 0 Å². The highest BCUT2D eigenvalue weighted by Crippen LogP contribution is 2.16. The maximum atomic E-state index is 12.2. The number of phenolic OH excluding ortho intramolecular Hbond substituents is 1. The largest absolute Gasteiger partial charge is 0.508 e. The summed E-state index contributed by atoms with van der Waals surface area (Å²) in [6.45, 7) is 9.62. The quantitative estimate of drug-likeness (QED) is 0.208. The van der Waals surface area contributed by atoms with Crippen LogP contribution in [0, 0.1) is 0 Å². The number of aromatic hydroxyl groups is 1. The van der Waals surface area contributed by atoms with Gasteiger partial charge in [0.05, 0.1) is 0 Å². The third-order valence-electron chi connectivity index (χ3n) is 5.66. The number of phenols is 1. The maximum Gasteiger partial charge on any atom is 0.218 e. The fourth-order valence-electron chi connectivity index (χ4n) is 3.70. The molecule has 0 bridgehead atoms. The van der Waals surface area contributed by atoms with Gasteiger partial charge in [0.15, 0.2) is 11.6 Å². The van der Waals surface area contributed by atoms with Gasteiger partial charge in [-0.25, -0.2) is 0 Å². The average Bonchev–Trinajstić information content (AvgIpc) is 2.98. The van der Waals surface area contributed by atoms with Crippen molar-refractivity contribution in [3.05, 3.63) is 95.6 Å². The van der Waals surface area contributed by atoms with Gasteiger partial charge in [0.25, 0.3) is 0 Å². The van der Waals surface area contributed by atoms with Crippen LogP contribution < -0.4 is 4.74 Å². The fourth-order valence-corrected chi connectivity index (χ4v) is 3.70. The topological polar surface area (TPSA) is 101 Å². The lowest BCUT2D eigenvalue weighted by atomic mass is 10.1. The van der Waals surface area contributed by atoms with Crippen molar-refractivity contribution in [3.8, 4) is 11.5 Å². The molecule has 3 aromatic rings. The number of hydrogen-bond acceptors (Lipinski definition) is 8. The maximum absolute atomic E-state index is 12.2. The second-order valence-electron chi connectivity index (χ2n) is 8.86. The van der Waals surface area contributed by atoms with Gasteiger partial charge in [-0.3, -0.25) is 9.59 Å². The van der Waals surface area contributed by atoms with Crippen LogP contribution in [0.4, 0.5) is 0 Å². The molecular formula is C33H42O8. The van der Waals surface area contributed by atoms with Crippen LogP contribution in [0.5, 0.6) is 11.5 Å². The van der Waals surface area contributed by atoms with Gasteiger partial charge in [0.2, 0.25) is 12.6 Å². The van der Waals surface area contributed by atoms with Crippen molar-refractivity contribution in [2.45, 2.75) is 59.7 Å². The smallest absolute Gasteiger partial charge is 0.218 e. The summed E-state index contributed by atoms with van der Waals surface area (Å²) < 4.78 is 26.8. The fraction of sp³-hybridized carbons (Fsp3) is 0.394. The minimum atomic E-state index is -0.793. The number of carbonyl (C=O) groups excluding carboxylic acids is 2. The predicted molar refractivity (Wildman–Crippen MR) is 157 cm³/mol. The lowest BCUT2D eigenvalue weighted by Crippen LogP contribution is -2.29. The predicted octanol–water partition coefficient (Wildman–Crippen LogP) is 5.68. The molecule has 222 valence electrons. The molecule has 41 heavy (non-hydrogen) atoms. The molecule has 1 N–H and O–H groups in total. The Morgan fingerprint density at radius 3 is 1.41 bits per heavy atom. The molecule has 8 heteroatoms. The van der Waals surface area contributed by atoms with E-state index in [1.54, 1.807) is 24.3 Å². The van der Waals surface area contributed by atoms with Crippen LogP contribution in [0.15, 0.2) is 78.9 Å². The third kappa shape index (κ3) is 13.1. The first-order chi connectivity index (χ1) is 19.9. The molecule has 0 saturated carbocycles. The standard InChI is InChI=1S/C20H24O4.C13H18O4/c1-3-22-20(23-4-2)19(21)14-16-10-12-18(13-11-16)24-15-17-8-6-5-7-9-17;1-3-16-13(17-4-2)12(15)9-10-5-7-11(14)8-6-10/h5-13,20H,3-4,14-15H2,1-2H3;5-8,13-14H,3-4,9H2,1-2H3. The summed E-state index contributed by atoms with van der Waals surface area (Å²) in [6, 6.07) is 24.1. The highest BCUT2D eigenvalue weighted by atomic mass is 16.7. The summed E-state index contributed by atoms with van der Waals surface area (Å²) >= 11 is 0. The molecule has 0 aliphatic heterocycles. The van der Waals surface area contributed by atoms with E-state index in [0.29, 0.717) is 33.0 Å². The van der Waals surface area contributed by atoms with E-state index in [1.807, 2.05) is 82.3 Å². The zero-order valence-electron chi connectivity index (χ0n) is 24.4. The Labute approximate surface area is 243 Å². The Morgan fingerprint density at radius 1 is 0.585 bits per heavy atom. The van der Waals surface area contributed by atoms with Crippen molar-refractivity contribution in [3.63, 3.8) is 0 Å². The Balaban J connectivity index is 0.000000305. The molecule has 0 heterocycles. The van der Waals surface area contributed by atoms with Crippen LogP contribution in [-0.4, -0.2) is 55.7 Å². The zero-order chi connectivity index (χ0) is 29.9. The van der Waals surface area contributed by atoms with E-state index >= 15 is 0 Å². The van der Waals surface area contributed by atoms with Crippen molar-refractivity contribution >= 4 is 11.6 Å². The van der Waals surface area contributed by atoms with Crippen LogP contribution in [-0.2, 0) is 48.0 Å². The highest BCUT2D eigenvalue weighted by molar-refractivity contribution is 5.84. The summed E-state index contributed by atoms with van der Waals surface area (Å²) in [5, 5.41) is 9.13. The molecule has 3 aromatic carbocycles. The molecule has 0 amide bonds. The Hall–Kier alpha value is -3.56. The minimum absolute atomic E-state index is 0.0725. The van der Waals surface area contributed by atoms with E-state index in [4.69, 9.17) is 28.8 Å². The number of ketones is 2. The molecule has 0 aromatic heterocycles. The first-order valence-corrected chi connectivity index (χ1v) is 13.9. The van der Waals surface area contributed by atoms with Gasteiger partial charge in [-0.15, -0.1) is 0 Å². The average molecular weight is 567 g/mol. The molecule has 0 unspecified atom stereocenters. The minimum Gasteiger partial charge on any atom is -0.508 e.